The van der Waals surface area contributed by atoms with Crippen LogP contribution in [0, 0.1) is 11.3 Å². The minimum Gasteiger partial charge on any atom is -0.494 e. The Balaban J connectivity index is 2.59. The van der Waals surface area contributed by atoms with Gasteiger partial charge < -0.3 is 15.4 Å². The predicted molar refractivity (Wildman–Crippen MR) is 83.3 cm³/mol. The first-order valence-corrected chi connectivity index (χ1v) is 7.18. The van der Waals surface area contributed by atoms with Gasteiger partial charge in [0, 0.05) is 24.3 Å². The molecule has 0 aromatic heterocycles. The van der Waals surface area contributed by atoms with Gasteiger partial charge in [0.1, 0.15) is 17.4 Å². The second-order valence-electron chi connectivity index (χ2n) is 4.08. The van der Waals surface area contributed by atoms with E-state index in [9.17, 15) is 4.79 Å². The number of carbonyl (C=O) groups excluding carboxylic acids is 1. The van der Waals surface area contributed by atoms with Gasteiger partial charge in [-0.3, -0.25) is 4.79 Å². The van der Waals surface area contributed by atoms with Gasteiger partial charge in [-0.05, 0) is 37.6 Å². The van der Waals surface area contributed by atoms with E-state index in [0.29, 0.717) is 24.7 Å². The third-order valence-corrected chi connectivity index (χ3v) is 2.76. The minimum atomic E-state index is -0.458. The highest BCUT2D eigenvalue weighted by Crippen LogP contribution is 2.16. The van der Waals surface area contributed by atoms with Crippen LogP contribution in [0.1, 0.15) is 13.3 Å². The molecule has 0 fully saturated rings. The summed E-state index contributed by atoms with van der Waals surface area (Å²) in [5, 5.41) is 14.5. The average Bonchev–Trinajstić information content (AvgIpc) is 2.49. The van der Waals surface area contributed by atoms with Crippen molar-refractivity contribution in [2.45, 2.75) is 13.3 Å². The SMILES string of the molecule is CCOc1ccc(NC(=O)/C(C#N)=C\NCCCCl)cc1. The molecule has 1 aromatic carbocycles. The second kappa shape index (κ2) is 9.67. The zero-order chi connectivity index (χ0) is 15.5. The molecule has 0 atom stereocenters. The molecule has 0 aliphatic rings. The molecular weight excluding hydrogens is 290 g/mol. The molecule has 1 aromatic rings. The fourth-order valence-corrected chi connectivity index (χ4v) is 1.62. The number of nitrogens with zero attached hydrogens (tertiary/aromatic N) is 1. The fourth-order valence-electron chi connectivity index (χ4n) is 1.49. The van der Waals surface area contributed by atoms with Crippen LogP contribution in [0.3, 0.4) is 0 Å². The van der Waals surface area contributed by atoms with Crippen molar-refractivity contribution in [1.82, 2.24) is 5.32 Å². The molecule has 0 saturated carbocycles. The van der Waals surface area contributed by atoms with E-state index < -0.39 is 5.91 Å². The third kappa shape index (κ3) is 6.19. The maximum atomic E-state index is 11.9. The first-order valence-electron chi connectivity index (χ1n) is 6.65. The molecule has 0 heterocycles. The molecule has 0 unspecified atom stereocenters. The minimum absolute atomic E-state index is 0.0125. The van der Waals surface area contributed by atoms with E-state index in [2.05, 4.69) is 10.6 Å². The van der Waals surface area contributed by atoms with Crippen LogP contribution >= 0.6 is 11.6 Å². The largest absolute Gasteiger partial charge is 0.494 e. The third-order valence-electron chi connectivity index (χ3n) is 2.49. The highest BCUT2D eigenvalue weighted by atomic mass is 35.5. The Morgan fingerprint density at radius 2 is 2.14 bits per heavy atom. The lowest BCUT2D eigenvalue weighted by atomic mass is 10.2. The van der Waals surface area contributed by atoms with E-state index in [1.54, 1.807) is 24.3 Å². The molecule has 5 nitrogen and oxygen atoms in total. The summed E-state index contributed by atoms with van der Waals surface area (Å²) in [6, 6.07) is 8.82. The van der Waals surface area contributed by atoms with Crippen molar-refractivity contribution in [1.29, 1.82) is 5.26 Å². The van der Waals surface area contributed by atoms with Crippen molar-refractivity contribution in [2.75, 3.05) is 24.3 Å². The molecule has 0 aliphatic carbocycles. The van der Waals surface area contributed by atoms with Gasteiger partial charge >= 0.3 is 0 Å². The Kier molecular flexibility index (Phi) is 7.77. The Hall–Kier alpha value is -2.19. The van der Waals surface area contributed by atoms with Crippen molar-refractivity contribution >= 4 is 23.2 Å². The Bertz CT molecular complexity index is 521. The van der Waals surface area contributed by atoms with Gasteiger partial charge in [0.25, 0.3) is 5.91 Å². The number of hydrogen-bond donors (Lipinski definition) is 2. The van der Waals surface area contributed by atoms with E-state index in [4.69, 9.17) is 21.6 Å². The van der Waals surface area contributed by atoms with Crippen molar-refractivity contribution in [3.05, 3.63) is 36.0 Å². The lowest BCUT2D eigenvalue weighted by Gasteiger charge is -2.07. The number of nitriles is 1. The van der Waals surface area contributed by atoms with E-state index in [-0.39, 0.29) is 5.57 Å². The van der Waals surface area contributed by atoms with Crippen molar-refractivity contribution < 1.29 is 9.53 Å². The number of anilines is 1. The number of hydrogen-bond acceptors (Lipinski definition) is 4. The molecule has 1 rings (SSSR count). The van der Waals surface area contributed by atoms with Gasteiger partial charge in [0.15, 0.2) is 0 Å². The fraction of sp³-hybridized carbons (Fsp3) is 0.333. The van der Waals surface area contributed by atoms with Crippen LogP contribution in [0.2, 0.25) is 0 Å². The lowest BCUT2D eigenvalue weighted by Crippen LogP contribution is -2.17. The van der Waals surface area contributed by atoms with Gasteiger partial charge in [-0.15, -0.1) is 11.6 Å². The van der Waals surface area contributed by atoms with Crippen LogP contribution in [0.4, 0.5) is 5.69 Å². The number of nitrogens with one attached hydrogen (secondary N) is 2. The van der Waals surface area contributed by atoms with E-state index >= 15 is 0 Å². The normalized spacial score (nSPS) is 10.6. The van der Waals surface area contributed by atoms with Crippen LogP contribution in [-0.4, -0.2) is 24.9 Å². The average molecular weight is 308 g/mol. The first-order chi connectivity index (χ1) is 10.2. The van der Waals surface area contributed by atoms with Gasteiger partial charge in [-0.1, -0.05) is 0 Å². The summed E-state index contributed by atoms with van der Waals surface area (Å²) >= 11 is 5.54. The van der Waals surface area contributed by atoms with Crippen molar-refractivity contribution in [3.8, 4) is 11.8 Å². The van der Waals surface area contributed by atoms with E-state index in [1.807, 2.05) is 13.0 Å². The molecule has 0 bridgehead atoms. The molecular formula is C15H18ClN3O2. The van der Waals surface area contributed by atoms with Gasteiger partial charge in [0.2, 0.25) is 0 Å². The smallest absolute Gasteiger partial charge is 0.267 e. The van der Waals surface area contributed by atoms with Crippen LogP contribution < -0.4 is 15.4 Å². The van der Waals surface area contributed by atoms with Gasteiger partial charge in [-0.2, -0.15) is 5.26 Å². The summed E-state index contributed by atoms with van der Waals surface area (Å²) in [4.78, 5) is 11.9. The first kappa shape index (κ1) is 16.9. The van der Waals surface area contributed by atoms with Crippen LogP contribution in [0.5, 0.6) is 5.75 Å². The maximum Gasteiger partial charge on any atom is 0.267 e. The molecule has 0 aliphatic heterocycles. The molecule has 112 valence electrons. The number of alkyl halides is 1. The van der Waals surface area contributed by atoms with Crippen molar-refractivity contribution in [2.24, 2.45) is 0 Å². The quantitative estimate of drug-likeness (QED) is 0.335. The number of halogens is 1. The zero-order valence-electron chi connectivity index (χ0n) is 11.9. The van der Waals surface area contributed by atoms with Crippen LogP contribution in [0.25, 0.3) is 0 Å². The molecule has 0 spiro atoms. The van der Waals surface area contributed by atoms with E-state index in [1.165, 1.54) is 6.20 Å². The molecule has 0 saturated heterocycles. The van der Waals surface area contributed by atoms with E-state index in [0.717, 1.165) is 12.2 Å². The Labute approximate surface area is 129 Å². The topological polar surface area (TPSA) is 74.1 Å². The number of amides is 1. The van der Waals surface area contributed by atoms with Crippen molar-refractivity contribution in [3.63, 3.8) is 0 Å². The number of carbonyl (C=O) groups is 1. The predicted octanol–water partition coefficient (Wildman–Crippen LogP) is 2.65. The van der Waals surface area contributed by atoms with Crippen LogP contribution in [-0.2, 0) is 4.79 Å². The highest BCUT2D eigenvalue weighted by molar-refractivity contribution is 6.17. The monoisotopic (exact) mass is 307 g/mol. The molecule has 0 radical (unpaired) electrons. The number of ether oxygens (including phenoxy) is 1. The van der Waals surface area contributed by atoms with Crippen LogP contribution in [0.15, 0.2) is 36.0 Å². The maximum absolute atomic E-state index is 11.9. The summed E-state index contributed by atoms with van der Waals surface area (Å²) in [5.41, 5.74) is 0.615. The van der Waals surface area contributed by atoms with Gasteiger partial charge in [-0.25, -0.2) is 0 Å². The summed E-state index contributed by atoms with van der Waals surface area (Å²) < 4.78 is 5.31. The highest BCUT2D eigenvalue weighted by Gasteiger charge is 2.09. The summed E-state index contributed by atoms with van der Waals surface area (Å²) in [6.45, 7) is 3.10. The second-order valence-corrected chi connectivity index (χ2v) is 4.46. The number of benzene rings is 1. The molecule has 1 amide bonds. The zero-order valence-corrected chi connectivity index (χ0v) is 12.6. The number of rotatable bonds is 8. The molecule has 6 heteroatoms. The summed E-state index contributed by atoms with van der Waals surface area (Å²) in [6.07, 6.45) is 2.16. The lowest BCUT2D eigenvalue weighted by molar-refractivity contribution is -0.112. The Morgan fingerprint density at radius 1 is 1.43 bits per heavy atom. The summed E-state index contributed by atoms with van der Waals surface area (Å²) in [5.74, 6) is 0.801. The standard InChI is InChI=1S/C15H18ClN3O2/c1-2-21-14-6-4-13(5-7-14)19-15(20)12(10-17)11-18-9-3-8-16/h4-7,11,18H,2-3,8-9H2,1H3,(H,19,20)/b12-11-. The Morgan fingerprint density at radius 3 is 2.71 bits per heavy atom. The summed E-state index contributed by atoms with van der Waals surface area (Å²) in [7, 11) is 0. The molecule has 2 N–H and O–H groups in total. The van der Waals surface area contributed by atoms with Gasteiger partial charge in [0.05, 0.1) is 6.61 Å². The molecule has 21 heavy (non-hydrogen) atoms.